The van der Waals surface area contributed by atoms with Gasteiger partial charge in [0.05, 0.1) is 11.4 Å². The van der Waals surface area contributed by atoms with Crippen molar-refractivity contribution in [2.45, 2.75) is 21.3 Å². The van der Waals surface area contributed by atoms with E-state index < -0.39 is 0 Å². The van der Waals surface area contributed by atoms with E-state index in [1.165, 1.54) is 4.68 Å². The summed E-state index contributed by atoms with van der Waals surface area (Å²) in [7, 11) is 3.62. The number of nitrogens with one attached hydrogen (secondary N) is 1. The second-order valence-electron chi connectivity index (χ2n) is 4.29. The highest BCUT2D eigenvalue weighted by molar-refractivity contribution is 7.71. The van der Waals surface area contributed by atoms with Gasteiger partial charge in [-0.1, -0.05) is 25.7 Å². The highest BCUT2D eigenvalue weighted by Gasteiger charge is 2.10. The van der Waals surface area contributed by atoms with Crippen LogP contribution in [0.1, 0.15) is 18.6 Å². The summed E-state index contributed by atoms with van der Waals surface area (Å²) in [5.74, 6) is 0. The average molecular weight is 265 g/mol. The maximum absolute atomic E-state index is 11.5. The molecule has 0 radical (unpaired) electrons. The van der Waals surface area contributed by atoms with Crippen molar-refractivity contribution in [3.8, 4) is 11.4 Å². The first-order chi connectivity index (χ1) is 7.91. The van der Waals surface area contributed by atoms with Crippen molar-refractivity contribution < 1.29 is 0 Å². The zero-order chi connectivity index (χ0) is 12.7. The Labute approximate surface area is 112 Å². The maximum Gasteiger partial charge on any atom is 0.266 e. The van der Waals surface area contributed by atoms with Crippen molar-refractivity contribution >= 4 is 12.2 Å². The molecule has 0 aromatic carbocycles. The Morgan fingerprint density at radius 2 is 1.78 bits per heavy atom. The molecule has 2 heterocycles. The standard InChI is InChI=1S/C12H15N3OS.CH4/c1-7-5-8(2)12(17)14(3)11(7)9-6-10(16)15(4)13-9;/h5-6,13H,1-4H3;1H4. The zero-order valence-corrected chi connectivity index (χ0v) is 11.2. The quantitative estimate of drug-likeness (QED) is 0.806. The topological polar surface area (TPSA) is 42.7 Å². The summed E-state index contributed by atoms with van der Waals surface area (Å²) in [4.78, 5) is 11.5. The van der Waals surface area contributed by atoms with Crippen molar-refractivity contribution in [3.63, 3.8) is 0 Å². The van der Waals surface area contributed by atoms with E-state index in [9.17, 15) is 4.79 Å². The molecule has 2 aromatic heterocycles. The van der Waals surface area contributed by atoms with E-state index in [2.05, 4.69) is 5.10 Å². The summed E-state index contributed by atoms with van der Waals surface area (Å²) in [5, 5.41) is 3.03. The minimum atomic E-state index is -0.0501. The Hall–Kier alpha value is -1.62. The lowest BCUT2D eigenvalue weighted by atomic mass is 10.1. The molecule has 18 heavy (non-hydrogen) atoms. The molecule has 0 aliphatic rings. The Morgan fingerprint density at radius 3 is 2.28 bits per heavy atom. The van der Waals surface area contributed by atoms with Crippen LogP contribution in [-0.4, -0.2) is 14.3 Å². The van der Waals surface area contributed by atoms with E-state index in [-0.39, 0.29) is 13.0 Å². The molecule has 2 rings (SSSR count). The summed E-state index contributed by atoms with van der Waals surface area (Å²) in [6, 6.07) is 3.63. The molecule has 0 fully saturated rings. The number of hydrogen-bond donors (Lipinski definition) is 1. The molecule has 0 spiro atoms. The van der Waals surface area contributed by atoms with E-state index >= 15 is 0 Å². The molecular formula is C13H19N3OS. The van der Waals surface area contributed by atoms with Crippen LogP contribution in [0.15, 0.2) is 16.9 Å². The second-order valence-corrected chi connectivity index (χ2v) is 4.68. The summed E-state index contributed by atoms with van der Waals surface area (Å²) >= 11 is 5.35. The van der Waals surface area contributed by atoms with Gasteiger partial charge in [-0.3, -0.25) is 14.6 Å². The van der Waals surface area contributed by atoms with Gasteiger partial charge < -0.3 is 4.57 Å². The minimum Gasteiger partial charge on any atom is -0.334 e. The highest BCUT2D eigenvalue weighted by atomic mass is 32.1. The predicted molar refractivity (Wildman–Crippen MR) is 77.5 cm³/mol. The summed E-state index contributed by atoms with van der Waals surface area (Å²) in [6.07, 6.45) is 0. The fourth-order valence-electron chi connectivity index (χ4n) is 2.09. The predicted octanol–water partition coefficient (Wildman–Crippen LogP) is 2.70. The molecule has 0 bridgehead atoms. The molecule has 5 heteroatoms. The number of rotatable bonds is 1. The summed E-state index contributed by atoms with van der Waals surface area (Å²) in [6.45, 7) is 4.01. The van der Waals surface area contributed by atoms with Crippen molar-refractivity contribution in [1.82, 2.24) is 14.3 Å². The molecule has 2 aromatic rings. The van der Waals surface area contributed by atoms with Crippen LogP contribution in [0.4, 0.5) is 0 Å². The monoisotopic (exact) mass is 265 g/mol. The molecule has 4 nitrogen and oxygen atoms in total. The first kappa shape index (κ1) is 14.4. The third-order valence-electron chi connectivity index (χ3n) is 2.93. The van der Waals surface area contributed by atoms with Crippen molar-refractivity contribution in [2.75, 3.05) is 0 Å². The first-order valence-electron chi connectivity index (χ1n) is 5.35. The molecule has 0 aliphatic heterocycles. The second kappa shape index (κ2) is 4.94. The van der Waals surface area contributed by atoms with Gasteiger partial charge in [0.1, 0.15) is 4.64 Å². The van der Waals surface area contributed by atoms with Crippen LogP contribution in [0.3, 0.4) is 0 Å². The third-order valence-corrected chi connectivity index (χ3v) is 3.52. The molecule has 0 atom stereocenters. The van der Waals surface area contributed by atoms with Gasteiger partial charge in [0, 0.05) is 20.2 Å². The Bertz CT molecular complexity index is 691. The first-order valence-corrected chi connectivity index (χ1v) is 5.76. The van der Waals surface area contributed by atoms with Crippen LogP contribution < -0.4 is 5.56 Å². The fourth-order valence-corrected chi connectivity index (χ4v) is 2.24. The fraction of sp³-hybridized carbons (Fsp3) is 0.385. The number of aromatic amines is 1. The number of aryl methyl sites for hydroxylation is 3. The molecule has 0 unspecified atom stereocenters. The van der Waals surface area contributed by atoms with Gasteiger partial charge in [0.25, 0.3) is 5.56 Å². The Balaban J connectivity index is 0.00000162. The lowest BCUT2D eigenvalue weighted by Crippen LogP contribution is -2.09. The van der Waals surface area contributed by atoms with Crippen LogP contribution in [0, 0.1) is 18.5 Å². The normalized spacial score (nSPS) is 10.2. The van der Waals surface area contributed by atoms with Crippen LogP contribution >= 0.6 is 12.2 Å². The summed E-state index contributed by atoms with van der Waals surface area (Å²) < 4.78 is 4.18. The van der Waals surface area contributed by atoms with E-state index in [0.29, 0.717) is 0 Å². The SMILES string of the molecule is C.Cc1cc(C)c(=S)n(C)c1-c1cc(=O)n(C)[nH]1. The number of H-pyrrole nitrogens is 1. The van der Waals surface area contributed by atoms with E-state index in [1.807, 2.05) is 31.5 Å². The number of nitrogens with zero attached hydrogens (tertiary/aromatic N) is 2. The van der Waals surface area contributed by atoms with Crippen LogP contribution in [0.25, 0.3) is 11.4 Å². The number of hydrogen-bond acceptors (Lipinski definition) is 2. The van der Waals surface area contributed by atoms with Gasteiger partial charge >= 0.3 is 0 Å². The molecule has 0 amide bonds. The molecular weight excluding hydrogens is 246 g/mol. The van der Waals surface area contributed by atoms with E-state index in [1.54, 1.807) is 13.1 Å². The van der Waals surface area contributed by atoms with E-state index in [0.717, 1.165) is 27.2 Å². The Kier molecular flexibility index (Phi) is 3.96. The van der Waals surface area contributed by atoms with Gasteiger partial charge in [-0.2, -0.15) is 0 Å². The largest absolute Gasteiger partial charge is 0.334 e. The van der Waals surface area contributed by atoms with Gasteiger partial charge in [0.2, 0.25) is 0 Å². The maximum atomic E-state index is 11.5. The van der Waals surface area contributed by atoms with Gasteiger partial charge in [-0.15, -0.1) is 0 Å². The highest BCUT2D eigenvalue weighted by Crippen LogP contribution is 2.21. The van der Waals surface area contributed by atoms with Crippen LogP contribution in [0.2, 0.25) is 0 Å². The smallest absolute Gasteiger partial charge is 0.266 e. The average Bonchev–Trinajstić information content (AvgIpc) is 2.56. The lowest BCUT2D eigenvalue weighted by Gasteiger charge is -2.12. The third kappa shape index (κ3) is 2.18. The molecule has 1 N–H and O–H groups in total. The van der Waals surface area contributed by atoms with Crippen molar-refractivity contribution in [3.05, 3.63) is 38.3 Å². The van der Waals surface area contributed by atoms with Crippen molar-refractivity contribution in [2.24, 2.45) is 14.1 Å². The molecule has 98 valence electrons. The number of pyridine rings is 1. The van der Waals surface area contributed by atoms with Gasteiger partial charge in [-0.05, 0) is 25.0 Å². The van der Waals surface area contributed by atoms with Crippen molar-refractivity contribution in [1.29, 1.82) is 0 Å². The Morgan fingerprint density at radius 1 is 1.17 bits per heavy atom. The molecule has 0 saturated carbocycles. The van der Waals surface area contributed by atoms with Crippen LogP contribution in [0.5, 0.6) is 0 Å². The minimum absolute atomic E-state index is 0. The van der Waals surface area contributed by atoms with Gasteiger partial charge in [0.15, 0.2) is 0 Å². The number of aromatic nitrogens is 3. The molecule has 0 aliphatic carbocycles. The zero-order valence-electron chi connectivity index (χ0n) is 10.4. The van der Waals surface area contributed by atoms with E-state index in [4.69, 9.17) is 12.2 Å². The summed E-state index contributed by atoms with van der Waals surface area (Å²) in [5.41, 5.74) is 3.87. The van der Waals surface area contributed by atoms with Gasteiger partial charge in [-0.25, -0.2) is 0 Å². The van der Waals surface area contributed by atoms with Crippen LogP contribution in [-0.2, 0) is 14.1 Å². The molecule has 0 saturated heterocycles. The lowest BCUT2D eigenvalue weighted by molar-refractivity contribution is 0.738.